The third kappa shape index (κ3) is 6.21. The van der Waals surface area contributed by atoms with Crippen LogP contribution in [-0.2, 0) is 4.79 Å². The van der Waals surface area contributed by atoms with Crippen molar-refractivity contribution in [1.29, 1.82) is 5.26 Å². The van der Waals surface area contributed by atoms with Gasteiger partial charge >= 0.3 is 0 Å². The number of hydrogen-bond donors (Lipinski definition) is 2. The maximum Gasteiger partial charge on any atom is 0.243 e. The van der Waals surface area contributed by atoms with E-state index >= 15 is 0 Å². The van der Waals surface area contributed by atoms with Gasteiger partial charge in [0.2, 0.25) is 5.91 Å². The molecular formula is C24H34N6OS. The fraction of sp³-hybridized carbons (Fsp3) is 0.542. The van der Waals surface area contributed by atoms with Gasteiger partial charge in [-0.05, 0) is 55.4 Å². The van der Waals surface area contributed by atoms with E-state index in [1.165, 1.54) is 17.2 Å². The number of carbonyl (C=O) groups is 1. The number of piperazine rings is 1. The second-order valence-electron chi connectivity index (χ2n) is 8.94. The molecule has 8 heteroatoms. The van der Waals surface area contributed by atoms with Crippen LogP contribution in [0.2, 0.25) is 0 Å². The van der Waals surface area contributed by atoms with E-state index in [0.29, 0.717) is 24.2 Å². The molecule has 3 rings (SSSR count). The molecule has 7 nitrogen and oxygen atoms in total. The monoisotopic (exact) mass is 454 g/mol. The summed E-state index contributed by atoms with van der Waals surface area (Å²) in [6, 6.07) is 10.7. The van der Waals surface area contributed by atoms with Crippen LogP contribution in [0.4, 0.5) is 11.5 Å². The van der Waals surface area contributed by atoms with Crippen molar-refractivity contribution in [3.8, 4) is 17.2 Å². The standard InChI is InChI=1S/C24H34N6OS/c1-17(2)15-22(24(31)26-10-9-25)27-23-21(16-32-28-23)19-5-7-20(8-6-19)30-13-11-29(12-14-30)18(3)4/h5-8,16-18,22H,10-15H2,1-4H3,(H,26,31)(H,27,28)/t22-/m0/s1. The van der Waals surface area contributed by atoms with Gasteiger partial charge in [0, 0.05) is 48.9 Å². The van der Waals surface area contributed by atoms with Crippen molar-refractivity contribution in [2.75, 3.05) is 42.9 Å². The lowest BCUT2D eigenvalue weighted by Crippen LogP contribution is -2.48. The van der Waals surface area contributed by atoms with Crippen molar-refractivity contribution < 1.29 is 4.79 Å². The van der Waals surface area contributed by atoms with E-state index in [-0.39, 0.29) is 12.5 Å². The Morgan fingerprint density at radius 2 is 1.84 bits per heavy atom. The van der Waals surface area contributed by atoms with Crippen LogP contribution in [0.15, 0.2) is 29.6 Å². The summed E-state index contributed by atoms with van der Waals surface area (Å²) in [5.41, 5.74) is 3.31. The Balaban J connectivity index is 1.70. The van der Waals surface area contributed by atoms with Gasteiger partial charge in [-0.3, -0.25) is 9.69 Å². The summed E-state index contributed by atoms with van der Waals surface area (Å²) >= 11 is 1.37. The van der Waals surface area contributed by atoms with Gasteiger partial charge in [-0.15, -0.1) is 0 Å². The van der Waals surface area contributed by atoms with Crippen LogP contribution in [0.5, 0.6) is 0 Å². The molecule has 2 N–H and O–H groups in total. The van der Waals surface area contributed by atoms with Gasteiger partial charge in [0.1, 0.15) is 18.4 Å². The van der Waals surface area contributed by atoms with E-state index in [9.17, 15) is 4.79 Å². The second-order valence-corrected chi connectivity index (χ2v) is 9.57. The predicted octanol–water partition coefficient (Wildman–Crippen LogP) is 3.81. The first-order valence-electron chi connectivity index (χ1n) is 11.3. The van der Waals surface area contributed by atoms with Gasteiger partial charge in [0.15, 0.2) is 0 Å². The number of rotatable bonds is 9. The van der Waals surface area contributed by atoms with Gasteiger partial charge in [0.25, 0.3) is 0 Å². The molecule has 32 heavy (non-hydrogen) atoms. The Kier molecular flexibility index (Phi) is 8.48. The molecule has 172 valence electrons. The molecule has 0 unspecified atom stereocenters. The van der Waals surface area contributed by atoms with Crippen molar-refractivity contribution in [2.45, 2.75) is 46.2 Å². The summed E-state index contributed by atoms with van der Waals surface area (Å²) in [6.07, 6.45) is 0.662. The van der Waals surface area contributed by atoms with Gasteiger partial charge in [-0.2, -0.15) is 9.64 Å². The van der Waals surface area contributed by atoms with Crippen LogP contribution in [0, 0.1) is 17.2 Å². The first-order valence-corrected chi connectivity index (χ1v) is 12.2. The quantitative estimate of drug-likeness (QED) is 0.561. The summed E-state index contributed by atoms with van der Waals surface area (Å²) in [7, 11) is 0. The highest BCUT2D eigenvalue weighted by molar-refractivity contribution is 7.04. The Bertz CT molecular complexity index is 909. The minimum atomic E-state index is -0.430. The molecule has 1 aromatic heterocycles. The van der Waals surface area contributed by atoms with Crippen LogP contribution in [0.1, 0.15) is 34.1 Å². The Morgan fingerprint density at radius 1 is 1.16 bits per heavy atom. The maximum atomic E-state index is 12.5. The highest BCUT2D eigenvalue weighted by Crippen LogP contribution is 2.31. The van der Waals surface area contributed by atoms with Crippen molar-refractivity contribution in [3.05, 3.63) is 29.6 Å². The van der Waals surface area contributed by atoms with Crippen LogP contribution in [0.25, 0.3) is 11.1 Å². The molecule has 0 saturated carbocycles. The number of nitriles is 1. The molecule has 0 aliphatic carbocycles. The molecule has 1 amide bonds. The lowest BCUT2D eigenvalue weighted by atomic mass is 10.0. The molecule has 0 bridgehead atoms. The van der Waals surface area contributed by atoms with Crippen LogP contribution in [-0.4, -0.2) is 60.0 Å². The molecule has 0 radical (unpaired) electrons. The highest BCUT2D eigenvalue weighted by Gasteiger charge is 2.23. The maximum absolute atomic E-state index is 12.5. The number of aromatic nitrogens is 1. The van der Waals surface area contributed by atoms with E-state index in [1.54, 1.807) is 0 Å². The number of hydrogen-bond acceptors (Lipinski definition) is 7. The molecule has 1 aliphatic rings. The molecule has 0 spiro atoms. The van der Waals surface area contributed by atoms with Crippen molar-refractivity contribution in [3.63, 3.8) is 0 Å². The van der Waals surface area contributed by atoms with Crippen LogP contribution in [0.3, 0.4) is 0 Å². The zero-order valence-corrected chi connectivity index (χ0v) is 20.3. The lowest BCUT2D eigenvalue weighted by molar-refractivity contribution is -0.121. The highest BCUT2D eigenvalue weighted by atomic mass is 32.1. The normalized spacial score (nSPS) is 15.6. The van der Waals surface area contributed by atoms with E-state index in [1.807, 2.05) is 11.4 Å². The Labute approximate surface area is 195 Å². The number of carbonyl (C=O) groups excluding carboxylic acids is 1. The Hall–Kier alpha value is -2.63. The summed E-state index contributed by atoms with van der Waals surface area (Å²) < 4.78 is 4.51. The third-order valence-corrected chi connectivity index (χ3v) is 6.46. The summed E-state index contributed by atoms with van der Waals surface area (Å²) in [5.74, 6) is 0.874. The first kappa shape index (κ1) is 24.0. The lowest BCUT2D eigenvalue weighted by Gasteiger charge is -2.38. The zero-order chi connectivity index (χ0) is 23.1. The van der Waals surface area contributed by atoms with Crippen molar-refractivity contribution >= 4 is 28.9 Å². The first-order chi connectivity index (χ1) is 15.4. The molecule has 1 fully saturated rings. The number of nitrogens with zero attached hydrogens (tertiary/aromatic N) is 4. The van der Waals surface area contributed by atoms with Crippen LogP contribution < -0.4 is 15.5 Å². The van der Waals surface area contributed by atoms with Crippen molar-refractivity contribution in [1.82, 2.24) is 14.6 Å². The van der Waals surface area contributed by atoms with Gasteiger partial charge < -0.3 is 15.5 Å². The van der Waals surface area contributed by atoms with E-state index in [4.69, 9.17) is 5.26 Å². The largest absolute Gasteiger partial charge is 0.369 e. The van der Waals surface area contributed by atoms with E-state index in [2.05, 4.69) is 76.8 Å². The average Bonchev–Trinajstić information content (AvgIpc) is 3.25. The molecule has 1 saturated heterocycles. The molecule has 1 aliphatic heterocycles. The number of benzene rings is 1. The average molecular weight is 455 g/mol. The smallest absolute Gasteiger partial charge is 0.243 e. The van der Waals surface area contributed by atoms with Gasteiger partial charge in [0.05, 0.1) is 6.07 Å². The summed E-state index contributed by atoms with van der Waals surface area (Å²) in [4.78, 5) is 17.5. The van der Waals surface area contributed by atoms with Gasteiger partial charge in [-0.25, -0.2) is 0 Å². The predicted molar refractivity (Wildman–Crippen MR) is 132 cm³/mol. The second kappa shape index (κ2) is 11.3. The summed E-state index contributed by atoms with van der Waals surface area (Å²) in [5, 5.41) is 16.8. The number of nitrogens with one attached hydrogen (secondary N) is 2. The molecule has 2 heterocycles. The van der Waals surface area contributed by atoms with Gasteiger partial charge in [-0.1, -0.05) is 26.0 Å². The molecule has 1 atom stereocenters. The SMILES string of the molecule is CC(C)C[C@H](Nc1nscc1-c1ccc(N2CCN(C(C)C)CC2)cc1)C(=O)NCC#N. The Morgan fingerprint density at radius 3 is 2.44 bits per heavy atom. The summed E-state index contributed by atoms with van der Waals surface area (Å²) in [6.45, 7) is 12.9. The fourth-order valence-corrected chi connectivity index (χ4v) is 4.67. The third-order valence-electron chi connectivity index (χ3n) is 5.83. The molecule has 2 aromatic rings. The van der Waals surface area contributed by atoms with E-state index < -0.39 is 6.04 Å². The number of anilines is 2. The van der Waals surface area contributed by atoms with Crippen molar-refractivity contribution in [2.24, 2.45) is 5.92 Å². The minimum absolute atomic E-state index is 0.00587. The zero-order valence-electron chi connectivity index (χ0n) is 19.5. The minimum Gasteiger partial charge on any atom is -0.369 e. The molecule has 1 aromatic carbocycles. The number of amides is 1. The van der Waals surface area contributed by atoms with E-state index in [0.717, 1.165) is 37.3 Å². The fourth-order valence-electron chi connectivity index (χ4n) is 4.01. The topological polar surface area (TPSA) is 84.3 Å². The van der Waals surface area contributed by atoms with Crippen LogP contribution >= 0.6 is 11.5 Å². The molecular weight excluding hydrogens is 420 g/mol.